The fourth-order valence-corrected chi connectivity index (χ4v) is 1.70. The quantitative estimate of drug-likeness (QED) is 0.830. The molecule has 4 heteroatoms. The summed E-state index contributed by atoms with van der Waals surface area (Å²) in [5.41, 5.74) is 8.64. The summed E-state index contributed by atoms with van der Waals surface area (Å²) >= 11 is 0. The van der Waals surface area contributed by atoms with Crippen LogP contribution in [0, 0.1) is 6.92 Å². The van der Waals surface area contributed by atoms with Crippen LogP contribution in [0.15, 0.2) is 42.5 Å². The van der Waals surface area contributed by atoms with Crippen molar-refractivity contribution in [3.63, 3.8) is 0 Å². The van der Waals surface area contributed by atoms with E-state index in [0.717, 1.165) is 5.56 Å². The molecule has 2 aromatic carbocycles. The molecule has 3 N–H and O–H groups in total. The molecule has 0 aromatic heterocycles. The van der Waals surface area contributed by atoms with Crippen molar-refractivity contribution >= 4 is 17.3 Å². The van der Waals surface area contributed by atoms with Crippen molar-refractivity contribution < 1.29 is 9.53 Å². The predicted molar refractivity (Wildman–Crippen MR) is 76.5 cm³/mol. The van der Waals surface area contributed by atoms with Gasteiger partial charge in [0.05, 0.1) is 12.8 Å². The molecular formula is C15H16N2O2. The molecule has 0 unspecified atom stereocenters. The minimum Gasteiger partial charge on any atom is -0.495 e. The van der Waals surface area contributed by atoms with Crippen LogP contribution >= 0.6 is 0 Å². The zero-order valence-corrected chi connectivity index (χ0v) is 10.9. The molecule has 2 rings (SSSR count). The number of hydrogen-bond donors (Lipinski definition) is 2. The van der Waals surface area contributed by atoms with Crippen LogP contribution in [0.2, 0.25) is 0 Å². The fourth-order valence-electron chi connectivity index (χ4n) is 1.70. The molecule has 98 valence electrons. The van der Waals surface area contributed by atoms with Crippen molar-refractivity contribution in [1.29, 1.82) is 0 Å². The van der Waals surface area contributed by atoms with Crippen molar-refractivity contribution in [2.75, 3.05) is 18.2 Å². The number of carbonyl (C=O) groups is 1. The van der Waals surface area contributed by atoms with E-state index in [1.807, 2.05) is 19.1 Å². The average Bonchev–Trinajstić information content (AvgIpc) is 2.41. The molecule has 2 aromatic rings. The van der Waals surface area contributed by atoms with E-state index in [1.165, 1.54) is 7.11 Å². The number of nitrogens with two attached hydrogens (primary N) is 1. The van der Waals surface area contributed by atoms with E-state index in [-0.39, 0.29) is 5.91 Å². The van der Waals surface area contributed by atoms with Gasteiger partial charge in [-0.2, -0.15) is 0 Å². The molecular weight excluding hydrogens is 240 g/mol. The molecule has 0 bridgehead atoms. The summed E-state index contributed by atoms with van der Waals surface area (Å²) in [6.45, 7) is 1.98. The van der Waals surface area contributed by atoms with Gasteiger partial charge in [-0.05, 0) is 31.2 Å². The number of anilines is 2. The van der Waals surface area contributed by atoms with Crippen LogP contribution in [-0.4, -0.2) is 13.0 Å². The van der Waals surface area contributed by atoms with Crippen LogP contribution in [-0.2, 0) is 0 Å². The van der Waals surface area contributed by atoms with E-state index < -0.39 is 0 Å². The van der Waals surface area contributed by atoms with Crippen molar-refractivity contribution in [2.45, 2.75) is 6.92 Å². The summed E-state index contributed by atoms with van der Waals surface area (Å²) in [6, 6.07) is 12.5. The third-order valence-corrected chi connectivity index (χ3v) is 2.81. The molecule has 0 saturated carbocycles. The Labute approximate surface area is 112 Å². The van der Waals surface area contributed by atoms with Crippen molar-refractivity contribution in [3.05, 3.63) is 53.6 Å². The lowest BCUT2D eigenvalue weighted by Crippen LogP contribution is -2.12. The van der Waals surface area contributed by atoms with Crippen LogP contribution in [0.1, 0.15) is 15.9 Å². The third kappa shape index (κ3) is 3.04. The van der Waals surface area contributed by atoms with E-state index in [2.05, 4.69) is 5.32 Å². The van der Waals surface area contributed by atoms with Crippen molar-refractivity contribution in [1.82, 2.24) is 0 Å². The van der Waals surface area contributed by atoms with Gasteiger partial charge >= 0.3 is 0 Å². The maximum Gasteiger partial charge on any atom is 0.255 e. The first-order chi connectivity index (χ1) is 9.10. The maximum absolute atomic E-state index is 12.0. The first-order valence-corrected chi connectivity index (χ1v) is 5.91. The second kappa shape index (κ2) is 5.44. The van der Waals surface area contributed by atoms with Crippen molar-refractivity contribution in [2.24, 2.45) is 0 Å². The molecule has 4 nitrogen and oxygen atoms in total. The Morgan fingerprint density at radius 2 is 1.84 bits per heavy atom. The van der Waals surface area contributed by atoms with Gasteiger partial charge in [0.1, 0.15) is 5.75 Å². The second-order valence-electron chi connectivity index (χ2n) is 4.28. The number of hydrogen-bond acceptors (Lipinski definition) is 3. The lowest BCUT2D eigenvalue weighted by atomic mass is 10.1. The largest absolute Gasteiger partial charge is 0.495 e. The Bertz CT molecular complexity index is 592. The van der Waals surface area contributed by atoms with Crippen LogP contribution in [0.5, 0.6) is 5.75 Å². The highest BCUT2D eigenvalue weighted by atomic mass is 16.5. The van der Waals surface area contributed by atoms with Gasteiger partial charge < -0.3 is 15.8 Å². The highest BCUT2D eigenvalue weighted by Crippen LogP contribution is 2.25. The van der Waals surface area contributed by atoms with Gasteiger partial charge in [0, 0.05) is 17.3 Å². The Balaban J connectivity index is 2.17. The number of amides is 1. The van der Waals surface area contributed by atoms with Gasteiger partial charge in [0.25, 0.3) is 5.91 Å². The lowest BCUT2D eigenvalue weighted by Gasteiger charge is -2.09. The van der Waals surface area contributed by atoms with Gasteiger partial charge in [-0.3, -0.25) is 4.79 Å². The molecule has 0 aliphatic heterocycles. The normalized spacial score (nSPS) is 10.0. The van der Waals surface area contributed by atoms with E-state index in [1.54, 1.807) is 30.3 Å². The third-order valence-electron chi connectivity index (χ3n) is 2.81. The minimum absolute atomic E-state index is 0.160. The fraction of sp³-hybridized carbons (Fsp3) is 0.133. The van der Waals surface area contributed by atoms with Gasteiger partial charge in [-0.1, -0.05) is 17.7 Å². The molecule has 0 aliphatic rings. The van der Waals surface area contributed by atoms with Crippen LogP contribution in [0.25, 0.3) is 0 Å². The number of nitrogens with one attached hydrogen (secondary N) is 1. The molecule has 19 heavy (non-hydrogen) atoms. The minimum atomic E-state index is -0.160. The van der Waals surface area contributed by atoms with Gasteiger partial charge in [-0.15, -0.1) is 0 Å². The predicted octanol–water partition coefficient (Wildman–Crippen LogP) is 2.84. The van der Waals surface area contributed by atoms with E-state index in [0.29, 0.717) is 22.7 Å². The summed E-state index contributed by atoms with van der Waals surface area (Å²) in [6.07, 6.45) is 0. The highest BCUT2D eigenvalue weighted by molar-refractivity contribution is 6.04. The van der Waals surface area contributed by atoms with Gasteiger partial charge in [0.2, 0.25) is 0 Å². The van der Waals surface area contributed by atoms with E-state index >= 15 is 0 Å². The summed E-state index contributed by atoms with van der Waals surface area (Å²) < 4.78 is 5.11. The molecule has 1 amide bonds. The first kappa shape index (κ1) is 13.0. The number of ether oxygens (including phenoxy) is 1. The number of aryl methyl sites for hydroxylation is 1. The SMILES string of the molecule is COc1cc(NC(=O)c2ccc(C)cc2)ccc1N. The maximum atomic E-state index is 12.0. The summed E-state index contributed by atoms with van der Waals surface area (Å²) in [4.78, 5) is 12.0. The molecule has 0 fully saturated rings. The summed E-state index contributed by atoms with van der Waals surface area (Å²) in [5, 5.41) is 2.81. The zero-order chi connectivity index (χ0) is 13.8. The molecule has 0 saturated heterocycles. The molecule has 0 aliphatic carbocycles. The zero-order valence-electron chi connectivity index (χ0n) is 10.9. The molecule has 0 spiro atoms. The molecule has 0 heterocycles. The number of methoxy groups -OCH3 is 1. The molecule has 0 atom stereocenters. The number of rotatable bonds is 3. The number of carbonyl (C=O) groups excluding carboxylic acids is 1. The van der Waals surface area contributed by atoms with E-state index in [4.69, 9.17) is 10.5 Å². The average molecular weight is 256 g/mol. The van der Waals surface area contributed by atoms with E-state index in [9.17, 15) is 4.79 Å². The monoisotopic (exact) mass is 256 g/mol. The standard InChI is InChI=1S/C15H16N2O2/c1-10-3-5-11(6-4-10)15(18)17-12-7-8-13(16)14(9-12)19-2/h3-9H,16H2,1-2H3,(H,17,18). The second-order valence-corrected chi connectivity index (χ2v) is 4.28. The van der Waals surface area contributed by atoms with Gasteiger partial charge in [-0.25, -0.2) is 0 Å². The van der Waals surface area contributed by atoms with Crippen LogP contribution in [0.3, 0.4) is 0 Å². The Morgan fingerprint density at radius 3 is 2.47 bits per heavy atom. The number of nitrogen functional groups attached to an aromatic ring is 1. The van der Waals surface area contributed by atoms with Crippen LogP contribution in [0.4, 0.5) is 11.4 Å². The summed E-state index contributed by atoms with van der Waals surface area (Å²) in [7, 11) is 1.54. The first-order valence-electron chi connectivity index (χ1n) is 5.91. The Morgan fingerprint density at radius 1 is 1.16 bits per heavy atom. The summed E-state index contributed by atoms with van der Waals surface area (Å²) in [5.74, 6) is 0.383. The topological polar surface area (TPSA) is 64.3 Å². The highest BCUT2D eigenvalue weighted by Gasteiger charge is 2.07. The van der Waals surface area contributed by atoms with Crippen molar-refractivity contribution in [3.8, 4) is 5.75 Å². The van der Waals surface area contributed by atoms with Gasteiger partial charge in [0.15, 0.2) is 0 Å². The molecule has 0 radical (unpaired) electrons. The smallest absolute Gasteiger partial charge is 0.255 e. The van der Waals surface area contributed by atoms with Crippen LogP contribution < -0.4 is 15.8 Å². The Kier molecular flexibility index (Phi) is 3.71. The number of benzene rings is 2. The lowest BCUT2D eigenvalue weighted by molar-refractivity contribution is 0.102. The Hall–Kier alpha value is -2.49.